The lowest BCUT2D eigenvalue weighted by atomic mass is 10.2. The van der Waals surface area contributed by atoms with Crippen molar-refractivity contribution in [1.29, 1.82) is 0 Å². The zero-order valence-electron chi connectivity index (χ0n) is 10.4. The predicted octanol–water partition coefficient (Wildman–Crippen LogP) is 2.50. The Morgan fingerprint density at radius 3 is 2.80 bits per heavy atom. The minimum Gasteiger partial charge on any atom is -0.471 e. The van der Waals surface area contributed by atoms with Gasteiger partial charge in [-0.05, 0) is 0 Å². The monoisotopic (exact) mass is 295 g/mol. The van der Waals surface area contributed by atoms with Crippen LogP contribution in [0.1, 0.15) is 6.42 Å². The van der Waals surface area contributed by atoms with Gasteiger partial charge in [0.15, 0.2) is 0 Å². The Balaban J connectivity index is 1.78. The van der Waals surface area contributed by atoms with Gasteiger partial charge in [0, 0.05) is 18.7 Å². The first-order valence-corrected chi connectivity index (χ1v) is 6.48. The Labute approximate surface area is 119 Å². The summed E-state index contributed by atoms with van der Waals surface area (Å²) in [6.07, 6.45) is 5.07. The summed E-state index contributed by atoms with van der Waals surface area (Å²) in [4.78, 5) is 12.1. The zero-order valence-corrected chi connectivity index (χ0v) is 11.2. The third-order valence-electron chi connectivity index (χ3n) is 2.90. The molecule has 0 bridgehead atoms. The standard InChI is InChI=1S/C13H11ClFN3O2/c14-12-3-10(15)9(4-17-12)11-5-18-13(6-16-11)20-8-1-2-19-7-8/h3-6,8H,1-2,7H2. The van der Waals surface area contributed by atoms with E-state index in [9.17, 15) is 4.39 Å². The maximum absolute atomic E-state index is 13.7. The smallest absolute Gasteiger partial charge is 0.232 e. The van der Waals surface area contributed by atoms with Gasteiger partial charge in [0.05, 0.1) is 36.9 Å². The second-order valence-electron chi connectivity index (χ2n) is 4.33. The number of nitrogens with zero attached hydrogens (tertiary/aromatic N) is 3. The number of hydrogen-bond acceptors (Lipinski definition) is 5. The molecule has 0 aromatic carbocycles. The van der Waals surface area contributed by atoms with Gasteiger partial charge in [0.2, 0.25) is 5.88 Å². The molecule has 2 aromatic heterocycles. The molecule has 0 aliphatic carbocycles. The summed E-state index contributed by atoms with van der Waals surface area (Å²) < 4.78 is 24.5. The van der Waals surface area contributed by atoms with Gasteiger partial charge in [-0.1, -0.05) is 11.6 Å². The van der Waals surface area contributed by atoms with Crippen molar-refractivity contribution in [3.05, 3.63) is 35.6 Å². The Morgan fingerprint density at radius 1 is 1.25 bits per heavy atom. The van der Waals surface area contributed by atoms with E-state index in [1.54, 1.807) is 0 Å². The lowest BCUT2D eigenvalue weighted by molar-refractivity contribution is 0.137. The maximum atomic E-state index is 13.7. The van der Waals surface area contributed by atoms with E-state index in [1.165, 1.54) is 18.6 Å². The molecule has 1 aliphatic heterocycles. The lowest BCUT2D eigenvalue weighted by Crippen LogP contribution is -2.16. The van der Waals surface area contributed by atoms with E-state index >= 15 is 0 Å². The van der Waals surface area contributed by atoms with Gasteiger partial charge < -0.3 is 9.47 Å². The molecule has 0 spiro atoms. The van der Waals surface area contributed by atoms with E-state index in [1.807, 2.05) is 0 Å². The zero-order chi connectivity index (χ0) is 13.9. The van der Waals surface area contributed by atoms with Crippen LogP contribution in [0.25, 0.3) is 11.3 Å². The van der Waals surface area contributed by atoms with E-state index in [0.29, 0.717) is 24.8 Å². The molecule has 0 amide bonds. The molecule has 0 radical (unpaired) electrons. The Hall–Kier alpha value is -1.79. The number of ether oxygens (including phenoxy) is 2. The first-order chi connectivity index (χ1) is 9.72. The van der Waals surface area contributed by atoms with Crippen molar-refractivity contribution in [2.75, 3.05) is 13.2 Å². The number of aromatic nitrogens is 3. The topological polar surface area (TPSA) is 57.1 Å². The number of rotatable bonds is 3. The van der Waals surface area contributed by atoms with Crippen molar-refractivity contribution in [3.63, 3.8) is 0 Å². The molecule has 1 aliphatic rings. The van der Waals surface area contributed by atoms with Crippen LogP contribution in [0.4, 0.5) is 4.39 Å². The Bertz CT molecular complexity index is 603. The highest BCUT2D eigenvalue weighted by atomic mass is 35.5. The third kappa shape index (κ3) is 2.86. The molecular formula is C13H11ClFN3O2. The summed E-state index contributed by atoms with van der Waals surface area (Å²) in [5.74, 6) is -0.0938. The highest BCUT2D eigenvalue weighted by molar-refractivity contribution is 6.29. The van der Waals surface area contributed by atoms with Crippen LogP contribution >= 0.6 is 11.6 Å². The fourth-order valence-corrected chi connectivity index (χ4v) is 2.03. The summed E-state index contributed by atoms with van der Waals surface area (Å²) in [6, 6.07) is 1.14. The molecule has 0 N–H and O–H groups in total. The van der Waals surface area contributed by atoms with Crippen molar-refractivity contribution in [1.82, 2.24) is 15.0 Å². The SMILES string of the molecule is Fc1cc(Cl)ncc1-c1cnc(OC2CCOC2)cn1. The highest BCUT2D eigenvalue weighted by Gasteiger charge is 2.18. The summed E-state index contributed by atoms with van der Waals surface area (Å²) in [6.45, 7) is 1.25. The second-order valence-corrected chi connectivity index (χ2v) is 4.72. The van der Waals surface area contributed by atoms with Crippen LogP contribution in [0.3, 0.4) is 0 Å². The Kier molecular flexibility index (Phi) is 3.75. The molecule has 1 saturated heterocycles. The summed E-state index contributed by atoms with van der Waals surface area (Å²) in [5, 5.41) is 0.0976. The average Bonchev–Trinajstić information content (AvgIpc) is 2.93. The average molecular weight is 296 g/mol. The van der Waals surface area contributed by atoms with Crippen LogP contribution in [-0.2, 0) is 4.74 Å². The summed E-state index contributed by atoms with van der Waals surface area (Å²) >= 11 is 5.61. The molecule has 1 fully saturated rings. The number of halogens is 2. The quantitative estimate of drug-likeness (QED) is 0.814. The van der Waals surface area contributed by atoms with Crippen LogP contribution in [-0.4, -0.2) is 34.3 Å². The van der Waals surface area contributed by atoms with E-state index < -0.39 is 5.82 Å². The van der Waals surface area contributed by atoms with Crippen LogP contribution in [0, 0.1) is 5.82 Å². The molecule has 7 heteroatoms. The van der Waals surface area contributed by atoms with Crippen LogP contribution in [0.2, 0.25) is 5.15 Å². The predicted molar refractivity (Wildman–Crippen MR) is 70.1 cm³/mol. The molecule has 3 rings (SSSR count). The molecule has 3 heterocycles. The van der Waals surface area contributed by atoms with Crippen molar-refractivity contribution < 1.29 is 13.9 Å². The molecule has 2 aromatic rings. The summed E-state index contributed by atoms with van der Waals surface area (Å²) in [7, 11) is 0. The number of pyridine rings is 1. The molecular weight excluding hydrogens is 285 g/mol. The third-order valence-corrected chi connectivity index (χ3v) is 3.11. The fourth-order valence-electron chi connectivity index (χ4n) is 1.89. The van der Waals surface area contributed by atoms with Crippen molar-refractivity contribution in [2.45, 2.75) is 12.5 Å². The van der Waals surface area contributed by atoms with Gasteiger partial charge in [0.1, 0.15) is 17.1 Å². The molecule has 104 valence electrons. The molecule has 1 unspecified atom stereocenters. The van der Waals surface area contributed by atoms with Crippen molar-refractivity contribution in [3.8, 4) is 17.1 Å². The highest BCUT2D eigenvalue weighted by Crippen LogP contribution is 2.22. The second kappa shape index (κ2) is 5.68. The van der Waals surface area contributed by atoms with Crippen molar-refractivity contribution in [2.24, 2.45) is 0 Å². The van der Waals surface area contributed by atoms with E-state index in [2.05, 4.69) is 15.0 Å². The minimum absolute atomic E-state index is 0.00378. The first-order valence-electron chi connectivity index (χ1n) is 6.10. The molecule has 1 atom stereocenters. The first kappa shape index (κ1) is 13.2. The van der Waals surface area contributed by atoms with Crippen LogP contribution in [0.15, 0.2) is 24.7 Å². The lowest BCUT2D eigenvalue weighted by Gasteiger charge is -2.10. The van der Waals surface area contributed by atoms with E-state index in [0.717, 1.165) is 12.5 Å². The normalized spacial score (nSPS) is 18.2. The Morgan fingerprint density at radius 2 is 2.15 bits per heavy atom. The van der Waals surface area contributed by atoms with Gasteiger partial charge in [-0.3, -0.25) is 0 Å². The van der Waals surface area contributed by atoms with Crippen LogP contribution < -0.4 is 4.74 Å². The van der Waals surface area contributed by atoms with Gasteiger partial charge in [-0.25, -0.2) is 19.3 Å². The molecule has 20 heavy (non-hydrogen) atoms. The van der Waals surface area contributed by atoms with Gasteiger partial charge in [-0.2, -0.15) is 0 Å². The molecule has 5 nitrogen and oxygen atoms in total. The van der Waals surface area contributed by atoms with Gasteiger partial charge in [-0.15, -0.1) is 0 Å². The largest absolute Gasteiger partial charge is 0.471 e. The summed E-state index contributed by atoms with van der Waals surface area (Å²) in [5.41, 5.74) is 0.624. The number of hydrogen-bond donors (Lipinski definition) is 0. The van der Waals surface area contributed by atoms with Gasteiger partial charge in [0.25, 0.3) is 0 Å². The maximum Gasteiger partial charge on any atom is 0.232 e. The van der Waals surface area contributed by atoms with E-state index in [4.69, 9.17) is 21.1 Å². The van der Waals surface area contributed by atoms with Gasteiger partial charge >= 0.3 is 0 Å². The van der Waals surface area contributed by atoms with Crippen molar-refractivity contribution >= 4 is 11.6 Å². The fraction of sp³-hybridized carbons (Fsp3) is 0.308. The minimum atomic E-state index is -0.489. The van der Waals surface area contributed by atoms with E-state index in [-0.39, 0.29) is 16.8 Å². The molecule has 0 saturated carbocycles. The van der Waals surface area contributed by atoms with Crippen LogP contribution in [0.5, 0.6) is 5.88 Å².